The fourth-order valence-corrected chi connectivity index (χ4v) is 3.41. The average Bonchev–Trinajstić information content (AvgIpc) is 3.19. The first-order valence-electron chi connectivity index (χ1n) is 8.94. The first-order valence-corrected chi connectivity index (χ1v) is 8.94. The van der Waals surface area contributed by atoms with Crippen LogP contribution >= 0.6 is 0 Å². The number of methoxy groups -OCH3 is 3. The summed E-state index contributed by atoms with van der Waals surface area (Å²) in [6.07, 6.45) is 0. The van der Waals surface area contributed by atoms with Gasteiger partial charge in [0.05, 0.1) is 26.2 Å². The van der Waals surface area contributed by atoms with Crippen molar-refractivity contribution in [2.75, 3.05) is 34.9 Å². The van der Waals surface area contributed by atoms with E-state index in [1.165, 1.54) is 14.2 Å². The van der Waals surface area contributed by atoms with Crippen LogP contribution in [-0.4, -0.2) is 39.9 Å². The fourth-order valence-electron chi connectivity index (χ4n) is 3.41. The Morgan fingerprint density at radius 2 is 1.83 bits per heavy atom. The summed E-state index contributed by atoms with van der Waals surface area (Å²) >= 11 is 0. The molecule has 152 valence electrons. The number of fused-ring (bicyclic) bond motifs is 2. The van der Waals surface area contributed by atoms with Crippen LogP contribution < -0.4 is 24.5 Å². The Morgan fingerprint density at radius 3 is 2.55 bits per heavy atom. The monoisotopic (exact) mass is 399 g/mol. The maximum atomic E-state index is 12.9. The minimum Gasteiger partial charge on any atom is -0.493 e. The standard InChI is InChI=1S/C21H21NO7/c1-24-10-27-9-13-7-17-18(29-11-28-17)8-14(13)15-6-12-4-5-16(25-2)20(26-3)19(12)21(23)22-15/h4-8H,9-11H2,1-3H3,(H,22,23). The molecule has 1 aromatic heterocycles. The molecule has 3 aromatic rings. The van der Waals surface area contributed by atoms with E-state index in [1.54, 1.807) is 13.2 Å². The van der Waals surface area contributed by atoms with E-state index in [9.17, 15) is 4.79 Å². The quantitative estimate of drug-likeness (QED) is 0.482. The summed E-state index contributed by atoms with van der Waals surface area (Å²) in [6, 6.07) is 9.17. The Labute approximate surface area is 166 Å². The Morgan fingerprint density at radius 1 is 1.03 bits per heavy atom. The molecule has 29 heavy (non-hydrogen) atoms. The second-order valence-corrected chi connectivity index (χ2v) is 6.40. The maximum Gasteiger partial charge on any atom is 0.260 e. The molecule has 0 saturated carbocycles. The minimum absolute atomic E-state index is 0.152. The second-order valence-electron chi connectivity index (χ2n) is 6.40. The number of nitrogens with one attached hydrogen (secondary N) is 1. The molecule has 0 saturated heterocycles. The molecule has 0 radical (unpaired) electrons. The molecule has 0 spiro atoms. The normalized spacial score (nSPS) is 12.4. The summed E-state index contributed by atoms with van der Waals surface area (Å²) in [7, 11) is 4.60. The van der Waals surface area contributed by atoms with Gasteiger partial charge in [-0.1, -0.05) is 6.07 Å². The molecular formula is C21H21NO7. The molecule has 2 heterocycles. The van der Waals surface area contributed by atoms with Gasteiger partial charge < -0.3 is 33.4 Å². The Balaban J connectivity index is 1.87. The number of ether oxygens (including phenoxy) is 6. The topological polar surface area (TPSA) is 88.2 Å². The molecule has 1 aliphatic rings. The van der Waals surface area contributed by atoms with Gasteiger partial charge >= 0.3 is 0 Å². The summed E-state index contributed by atoms with van der Waals surface area (Å²) < 4.78 is 32.2. The zero-order valence-electron chi connectivity index (χ0n) is 16.4. The third-order valence-corrected chi connectivity index (χ3v) is 4.70. The smallest absolute Gasteiger partial charge is 0.260 e. The highest BCUT2D eigenvalue weighted by molar-refractivity contribution is 5.92. The van der Waals surface area contributed by atoms with Gasteiger partial charge in [-0.3, -0.25) is 4.79 Å². The number of aromatic nitrogens is 1. The molecule has 0 atom stereocenters. The van der Waals surface area contributed by atoms with Crippen molar-refractivity contribution >= 4 is 10.8 Å². The summed E-state index contributed by atoms with van der Waals surface area (Å²) in [4.78, 5) is 15.9. The first kappa shape index (κ1) is 19.1. The minimum atomic E-state index is -0.283. The van der Waals surface area contributed by atoms with E-state index < -0.39 is 0 Å². The van der Waals surface area contributed by atoms with E-state index in [1.807, 2.05) is 24.3 Å². The number of rotatable bonds is 7. The highest BCUT2D eigenvalue weighted by Gasteiger charge is 2.20. The van der Waals surface area contributed by atoms with Gasteiger partial charge in [0.1, 0.15) is 6.79 Å². The van der Waals surface area contributed by atoms with Crippen LogP contribution in [0.25, 0.3) is 22.0 Å². The molecule has 4 rings (SSSR count). The van der Waals surface area contributed by atoms with Crippen LogP contribution in [0.15, 0.2) is 35.1 Å². The molecule has 0 bridgehead atoms. The van der Waals surface area contributed by atoms with E-state index in [0.29, 0.717) is 34.1 Å². The van der Waals surface area contributed by atoms with Crippen LogP contribution in [-0.2, 0) is 16.1 Å². The SMILES string of the molecule is COCOCc1cc2c(cc1-c1cc3ccc(OC)c(OC)c3c(=O)[nH]1)OCO2. The summed E-state index contributed by atoms with van der Waals surface area (Å²) in [5.41, 5.74) is 1.96. The lowest BCUT2D eigenvalue weighted by atomic mass is 10.0. The number of pyridine rings is 1. The van der Waals surface area contributed by atoms with E-state index in [0.717, 1.165) is 16.5 Å². The van der Waals surface area contributed by atoms with Crippen LogP contribution in [0.1, 0.15) is 5.56 Å². The van der Waals surface area contributed by atoms with Crippen molar-refractivity contribution in [3.63, 3.8) is 0 Å². The van der Waals surface area contributed by atoms with E-state index in [-0.39, 0.29) is 25.8 Å². The van der Waals surface area contributed by atoms with E-state index in [4.69, 9.17) is 28.4 Å². The molecular weight excluding hydrogens is 378 g/mol. The Kier molecular flexibility index (Phi) is 5.28. The summed E-state index contributed by atoms with van der Waals surface area (Å²) in [6.45, 7) is 0.591. The van der Waals surface area contributed by atoms with Gasteiger partial charge in [0.2, 0.25) is 6.79 Å². The van der Waals surface area contributed by atoms with Crippen molar-refractivity contribution in [1.29, 1.82) is 0 Å². The second kappa shape index (κ2) is 8.02. The highest BCUT2D eigenvalue weighted by atomic mass is 16.7. The largest absolute Gasteiger partial charge is 0.493 e. The van der Waals surface area contributed by atoms with Crippen molar-refractivity contribution < 1.29 is 28.4 Å². The van der Waals surface area contributed by atoms with Crippen molar-refractivity contribution in [3.05, 3.63) is 46.2 Å². The number of hydrogen-bond acceptors (Lipinski definition) is 7. The van der Waals surface area contributed by atoms with Crippen LogP contribution in [0.3, 0.4) is 0 Å². The van der Waals surface area contributed by atoms with Crippen LogP contribution in [0, 0.1) is 0 Å². The predicted octanol–water partition coefficient (Wildman–Crippen LogP) is 3.06. The molecule has 1 N–H and O–H groups in total. The molecule has 0 unspecified atom stereocenters. The van der Waals surface area contributed by atoms with Gasteiger partial charge in [0, 0.05) is 18.4 Å². The zero-order chi connectivity index (χ0) is 20.4. The Bertz CT molecular complexity index is 1110. The highest BCUT2D eigenvalue weighted by Crippen LogP contribution is 2.40. The summed E-state index contributed by atoms with van der Waals surface area (Å²) in [5.74, 6) is 2.14. The third kappa shape index (κ3) is 3.48. The molecule has 2 aromatic carbocycles. The molecule has 0 amide bonds. The Hall–Kier alpha value is -3.23. The number of hydrogen-bond donors (Lipinski definition) is 1. The van der Waals surface area contributed by atoms with Crippen molar-refractivity contribution in [1.82, 2.24) is 4.98 Å². The molecule has 8 nitrogen and oxygen atoms in total. The zero-order valence-corrected chi connectivity index (χ0v) is 16.4. The van der Waals surface area contributed by atoms with Crippen LogP contribution in [0.4, 0.5) is 0 Å². The predicted molar refractivity (Wildman–Crippen MR) is 106 cm³/mol. The lowest BCUT2D eigenvalue weighted by Gasteiger charge is -2.14. The van der Waals surface area contributed by atoms with E-state index in [2.05, 4.69) is 4.98 Å². The van der Waals surface area contributed by atoms with Gasteiger partial charge in [0.25, 0.3) is 5.56 Å². The summed E-state index contributed by atoms with van der Waals surface area (Å²) in [5, 5.41) is 1.15. The van der Waals surface area contributed by atoms with Crippen molar-refractivity contribution in [2.45, 2.75) is 6.61 Å². The van der Waals surface area contributed by atoms with Crippen molar-refractivity contribution in [3.8, 4) is 34.3 Å². The average molecular weight is 399 g/mol. The van der Waals surface area contributed by atoms with Gasteiger partial charge in [-0.25, -0.2) is 0 Å². The van der Waals surface area contributed by atoms with Crippen molar-refractivity contribution in [2.24, 2.45) is 0 Å². The van der Waals surface area contributed by atoms with Gasteiger partial charge in [-0.05, 0) is 35.2 Å². The van der Waals surface area contributed by atoms with Gasteiger partial charge in [-0.2, -0.15) is 0 Å². The van der Waals surface area contributed by atoms with Crippen LogP contribution in [0.5, 0.6) is 23.0 Å². The molecule has 0 fully saturated rings. The molecule has 8 heteroatoms. The van der Waals surface area contributed by atoms with E-state index >= 15 is 0 Å². The number of aromatic amines is 1. The molecule has 0 aliphatic carbocycles. The van der Waals surface area contributed by atoms with Crippen LogP contribution in [0.2, 0.25) is 0 Å². The third-order valence-electron chi connectivity index (χ3n) is 4.70. The van der Waals surface area contributed by atoms with Gasteiger partial charge in [-0.15, -0.1) is 0 Å². The number of H-pyrrole nitrogens is 1. The first-order chi connectivity index (χ1) is 14.2. The lowest BCUT2D eigenvalue weighted by Crippen LogP contribution is -2.10. The molecule has 1 aliphatic heterocycles. The lowest BCUT2D eigenvalue weighted by molar-refractivity contribution is -0.0389. The van der Waals surface area contributed by atoms with Gasteiger partial charge in [0.15, 0.2) is 23.0 Å². The number of benzene rings is 2. The fraction of sp³-hybridized carbons (Fsp3) is 0.286. The maximum absolute atomic E-state index is 12.9.